The fraction of sp³-hybridized carbons (Fsp3) is 0.488. The van der Waals surface area contributed by atoms with Gasteiger partial charge in [0.1, 0.15) is 29.2 Å². The van der Waals surface area contributed by atoms with Crippen LogP contribution in [0.5, 0.6) is 11.5 Å². The Morgan fingerprint density at radius 2 is 1.71 bits per heavy atom. The number of hydrogen-bond acceptors (Lipinski definition) is 10. The summed E-state index contributed by atoms with van der Waals surface area (Å²) in [5.41, 5.74) is -1.06. The van der Waals surface area contributed by atoms with Crippen molar-refractivity contribution < 1.29 is 41.8 Å². The van der Waals surface area contributed by atoms with Crippen LogP contribution in [0.25, 0.3) is 22.2 Å². The third-order valence-electron chi connectivity index (χ3n) is 10.2. The van der Waals surface area contributed by atoms with Crippen LogP contribution in [0.3, 0.4) is 0 Å². The van der Waals surface area contributed by atoms with Crippen molar-refractivity contribution in [2.24, 2.45) is 11.3 Å². The number of carbonyl (C=O) groups excluding carboxylic acids is 4. The van der Waals surface area contributed by atoms with E-state index in [1.54, 1.807) is 66.9 Å². The Hall–Kier alpha value is -5.18. The fourth-order valence-electron chi connectivity index (χ4n) is 6.92. The van der Waals surface area contributed by atoms with Crippen LogP contribution in [0.2, 0.25) is 0 Å². The summed E-state index contributed by atoms with van der Waals surface area (Å²) >= 11 is 0. The van der Waals surface area contributed by atoms with Gasteiger partial charge in [-0.05, 0) is 52.2 Å². The average molecular weight is 790 g/mol. The van der Waals surface area contributed by atoms with Crippen LogP contribution in [-0.2, 0) is 29.1 Å². The van der Waals surface area contributed by atoms with E-state index in [9.17, 15) is 27.6 Å². The van der Waals surface area contributed by atoms with Crippen LogP contribution < -0.4 is 24.8 Å². The summed E-state index contributed by atoms with van der Waals surface area (Å²) in [4.78, 5) is 61.9. The highest BCUT2D eigenvalue weighted by Crippen LogP contribution is 2.46. The number of benzene rings is 2. The van der Waals surface area contributed by atoms with Crippen molar-refractivity contribution in [1.82, 2.24) is 25.2 Å². The van der Waals surface area contributed by atoms with Gasteiger partial charge in [0.15, 0.2) is 6.10 Å². The minimum atomic E-state index is -3.92. The number of hydrogen-bond donors (Lipinski definition) is 3. The van der Waals surface area contributed by atoms with Gasteiger partial charge in [0.2, 0.25) is 15.9 Å². The van der Waals surface area contributed by atoms with Crippen LogP contribution in [0.1, 0.15) is 67.2 Å². The molecule has 300 valence electrons. The van der Waals surface area contributed by atoms with Crippen molar-refractivity contribution in [3.05, 3.63) is 67.3 Å². The van der Waals surface area contributed by atoms with Crippen molar-refractivity contribution in [3.63, 3.8) is 0 Å². The van der Waals surface area contributed by atoms with Gasteiger partial charge < -0.3 is 29.7 Å². The number of rotatable bonds is 12. The van der Waals surface area contributed by atoms with E-state index in [4.69, 9.17) is 19.2 Å². The molecular formula is C41H51N5O9S. The molecule has 1 aromatic heterocycles. The van der Waals surface area contributed by atoms with Crippen LogP contribution in [0.4, 0.5) is 4.79 Å². The Morgan fingerprint density at radius 1 is 1.02 bits per heavy atom. The van der Waals surface area contributed by atoms with Crippen molar-refractivity contribution in [3.8, 4) is 22.8 Å². The van der Waals surface area contributed by atoms with E-state index >= 15 is 0 Å². The number of ether oxygens (including phenoxy) is 3. The third-order valence-corrected chi connectivity index (χ3v) is 12.0. The molecule has 3 aliphatic rings. The number of methoxy groups -OCH3 is 1. The van der Waals surface area contributed by atoms with Gasteiger partial charge in [-0.15, -0.1) is 6.58 Å². The minimum Gasteiger partial charge on any atom is -0.497 e. The van der Waals surface area contributed by atoms with Gasteiger partial charge in [0, 0.05) is 46.4 Å². The van der Waals surface area contributed by atoms with Crippen LogP contribution in [-0.4, -0.2) is 90.3 Å². The summed E-state index contributed by atoms with van der Waals surface area (Å²) in [6.45, 7) is 14.3. The van der Waals surface area contributed by atoms with E-state index in [1.165, 1.54) is 11.0 Å². The Labute approximate surface area is 327 Å². The summed E-state index contributed by atoms with van der Waals surface area (Å²) in [6, 6.07) is 15.6. The summed E-state index contributed by atoms with van der Waals surface area (Å²) in [7, 11) is -2.35. The van der Waals surface area contributed by atoms with Crippen LogP contribution in [0, 0.1) is 11.3 Å². The van der Waals surface area contributed by atoms with Crippen molar-refractivity contribution in [2.75, 3.05) is 13.7 Å². The monoisotopic (exact) mass is 789 g/mol. The molecule has 56 heavy (non-hydrogen) atoms. The first-order valence-corrected chi connectivity index (χ1v) is 20.3. The highest BCUT2D eigenvalue weighted by molar-refractivity contribution is 7.91. The average Bonchev–Trinajstić information content (AvgIpc) is 4.06. The minimum absolute atomic E-state index is 0.0000919. The van der Waals surface area contributed by atoms with Gasteiger partial charge in [-0.1, -0.05) is 57.2 Å². The molecule has 0 spiro atoms. The smallest absolute Gasteiger partial charge is 0.408 e. The predicted octanol–water partition coefficient (Wildman–Crippen LogP) is 4.87. The standard InChI is InChI=1S/C41H51N5O9S/c1-9-25-22-41(25,37(49)45-56(51,52)28-16-17-28)43-35(47)32-20-27(23-46(32)36(48)34(39(2,3)4)55-38(50)44-40(5,6)7)54-33-21-30(24-13-11-10-12-14-24)42-31-19-26(53-8)15-18-29(31)33/h9-15,18-19,21,25,27-28,32,34H,1,16-17,20,22-23H2,2-8H3,(H,43,47)(H,44,50)(H,45,49)/t25-,27-,32+,34?,41-/m1/s1. The largest absolute Gasteiger partial charge is 0.497 e. The predicted molar refractivity (Wildman–Crippen MR) is 210 cm³/mol. The maximum absolute atomic E-state index is 14.6. The fourth-order valence-corrected chi connectivity index (χ4v) is 8.29. The molecular weight excluding hydrogens is 739 g/mol. The number of amides is 4. The van der Waals surface area contributed by atoms with E-state index in [0.29, 0.717) is 40.9 Å². The zero-order valence-corrected chi connectivity index (χ0v) is 33.7. The third kappa shape index (κ3) is 8.77. The molecule has 6 rings (SSSR count). The molecule has 2 aliphatic carbocycles. The normalized spacial score (nSPS) is 22.8. The summed E-state index contributed by atoms with van der Waals surface area (Å²) in [5.74, 6) is -1.66. The summed E-state index contributed by atoms with van der Waals surface area (Å²) in [5, 5.41) is 5.55. The Bertz CT molecular complexity index is 2140. The molecule has 2 heterocycles. The Kier molecular flexibility index (Phi) is 10.9. The molecule has 0 bridgehead atoms. The molecule has 1 saturated heterocycles. The molecule has 14 nitrogen and oxygen atoms in total. The lowest BCUT2D eigenvalue weighted by molar-refractivity contribution is -0.150. The molecule has 3 fully saturated rings. The number of aromatic nitrogens is 1. The molecule has 5 atom stereocenters. The van der Waals surface area contributed by atoms with Gasteiger partial charge in [-0.3, -0.25) is 19.1 Å². The van der Waals surface area contributed by atoms with Gasteiger partial charge >= 0.3 is 6.09 Å². The number of nitrogens with zero attached hydrogens (tertiary/aromatic N) is 2. The van der Waals surface area contributed by atoms with Crippen molar-refractivity contribution in [2.45, 2.75) is 102 Å². The molecule has 3 N–H and O–H groups in total. The number of pyridine rings is 1. The second-order valence-electron chi connectivity index (χ2n) is 16.9. The Morgan fingerprint density at radius 3 is 2.30 bits per heavy atom. The highest BCUT2D eigenvalue weighted by Gasteiger charge is 2.62. The van der Waals surface area contributed by atoms with Gasteiger partial charge in [0.05, 0.1) is 30.1 Å². The molecule has 0 radical (unpaired) electrons. The second-order valence-corrected chi connectivity index (χ2v) is 18.9. The lowest BCUT2D eigenvalue weighted by Crippen LogP contribution is -2.58. The maximum atomic E-state index is 14.6. The number of likely N-dealkylation sites (tertiary alicyclic amines) is 1. The van der Waals surface area contributed by atoms with E-state index in [2.05, 4.69) is 21.9 Å². The lowest BCUT2D eigenvalue weighted by Gasteiger charge is -2.35. The summed E-state index contributed by atoms with van der Waals surface area (Å²) < 4.78 is 45.6. The Balaban J connectivity index is 1.34. The first-order chi connectivity index (χ1) is 26.2. The van der Waals surface area contributed by atoms with E-state index in [0.717, 1.165) is 5.56 Å². The van der Waals surface area contributed by atoms with Gasteiger partial charge in [-0.25, -0.2) is 18.2 Å². The molecule has 1 aliphatic heterocycles. The van der Waals surface area contributed by atoms with Crippen molar-refractivity contribution in [1.29, 1.82) is 0 Å². The quantitative estimate of drug-likeness (QED) is 0.214. The summed E-state index contributed by atoms with van der Waals surface area (Å²) in [6.07, 6.45) is -0.338. The molecule has 15 heteroatoms. The number of sulfonamides is 1. The first kappa shape index (κ1) is 40.5. The number of nitrogens with one attached hydrogen (secondary N) is 3. The zero-order valence-electron chi connectivity index (χ0n) is 32.9. The van der Waals surface area contributed by atoms with E-state index < -0.39 is 79.7 Å². The zero-order chi connectivity index (χ0) is 40.8. The number of carbonyl (C=O) groups is 4. The molecule has 3 aromatic rings. The SMILES string of the molecule is C=C[C@@H]1C[C@]1(NC(=O)[C@@H]1C[C@@H](Oc2cc(-c3ccccc3)nc3cc(OC)ccc23)CN1C(=O)C(OC(=O)NC(C)(C)C)C(C)(C)C)C(=O)NS(=O)(=O)C1CC1. The molecule has 2 aromatic carbocycles. The van der Waals surface area contributed by atoms with E-state index in [-0.39, 0.29) is 19.4 Å². The molecule has 1 unspecified atom stereocenters. The second kappa shape index (κ2) is 15.1. The first-order valence-electron chi connectivity index (χ1n) is 18.8. The number of alkyl carbamates (subject to hydrolysis) is 1. The van der Waals surface area contributed by atoms with Gasteiger partial charge in [-0.2, -0.15) is 0 Å². The maximum Gasteiger partial charge on any atom is 0.408 e. The van der Waals surface area contributed by atoms with Crippen LogP contribution in [0.15, 0.2) is 67.3 Å². The van der Waals surface area contributed by atoms with Crippen molar-refractivity contribution >= 4 is 44.7 Å². The van der Waals surface area contributed by atoms with Gasteiger partial charge in [0.25, 0.3) is 11.8 Å². The lowest BCUT2D eigenvalue weighted by atomic mass is 9.88. The topological polar surface area (TPSA) is 182 Å². The molecule has 4 amide bonds. The highest BCUT2D eigenvalue weighted by atomic mass is 32.2. The molecule has 2 saturated carbocycles. The van der Waals surface area contributed by atoms with Crippen LogP contribution >= 0.6 is 0 Å². The van der Waals surface area contributed by atoms with E-state index in [1.807, 2.05) is 36.4 Å². The number of fused-ring (bicyclic) bond motifs is 1.